The molecule has 0 radical (unpaired) electrons. The van der Waals surface area contributed by atoms with E-state index in [-0.39, 0.29) is 11.9 Å². The molecule has 1 aromatic carbocycles. The monoisotopic (exact) mass is 301 g/mol. The summed E-state index contributed by atoms with van der Waals surface area (Å²) in [5.41, 5.74) is 1.40. The Balaban J connectivity index is 2.00. The van der Waals surface area contributed by atoms with Gasteiger partial charge in [0.05, 0.1) is 12.7 Å². The van der Waals surface area contributed by atoms with Crippen molar-refractivity contribution >= 4 is 18.0 Å². The highest BCUT2D eigenvalue weighted by molar-refractivity contribution is 5.93. The molecule has 22 heavy (non-hydrogen) atoms. The van der Waals surface area contributed by atoms with Crippen molar-refractivity contribution < 1.29 is 14.3 Å². The summed E-state index contributed by atoms with van der Waals surface area (Å²) in [6.45, 7) is 5.05. The van der Waals surface area contributed by atoms with Crippen molar-refractivity contribution in [2.24, 2.45) is 5.92 Å². The van der Waals surface area contributed by atoms with E-state index in [1.165, 1.54) is 7.11 Å². The van der Waals surface area contributed by atoms with Gasteiger partial charge in [-0.15, -0.1) is 0 Å². The highest BCUT2D eigenvalue weighted by atomic mass is 16.5. The van der Waals surface area contributed by atoms with E-state index in [1.807, 2.05) is 4.90 Å². The highest BCUT2D eigenvalue weighted by Crippen LogP contribution is 2.28. The molecule has 1 fully saturated rings. The first-order chi connectivity index (χ1) is 10.5. The lowest BCUT2D eigenvalue weighted by Gasteiger charge is -2.22. The van der Waals surface area contributed by atoms with Crippen molar-refractivity contribution in [1.29, 1.82) is 0 Å². The average Bonchev–Trinajstić information content (AvgIpc) is 3.34. The predicted molar refractivity (Wildman–Crippen MR) is 86.4 cm³/mol. The topological polar surface area (TPSA) is 46.6 Å². The smallest absolute Gasteiger partial charge is 0.337 e. The number of carbonyl (C=O) groups is 2. The van der Waals surface area contributed by atoms with Gasteiger partial charge in [-0.3, -0.25) is 4.79 Å². The lowest BCUT2D eigenvalue weighted by Crippen LogP contribution is -2.34. The second-order valence-electron chi connectivity index (χ2n) is 6.06. The molecule has 1 aliphatic rings. The van der Waals surface area contributed by atoms with Gasteiger partial charge >= 0.3 is 5.97 Å². The van der Waals surface area contributed by atoms with Gasteiger partial charge in [0.25, 0.3) is 0 Å². The molecule has 1 amide bonds. The van der Waals surface area contributed by atoms with Crippen molar-refractivity contribution in [2.75, 3.05) is 13.7 Å². The Morgan fingerprint density at radius 1 is 1.27 bits per heavy atom. The molecule has 0 saturated heterocycles. The van der Waals surface area contributed by atoms with Crippen LogP contribution in [0.1, 0.15) is 42.6 Å². The fourth-order valence-electron chi connectivity index (χ4n) is 2.31. The third-order valence-corrected chi connectivity index (χ3v) is 3.58. The number of methoxy groups -OCH3 is 1. The molecule has 1 aromatic rings. The number of amides is 1. The van der Waals surface area contributed by atoms with E-state index in [0.29, 0.717) is 17.5 Å². The molecule has 0 spiro atoms. The Morgan fingerprint density at radius 2 is 1.91 bits per heavy atom. The van der Waals surface area contributed by atoms with Gasteiger partial charge < -0.3 is 9.64 Å². The van der Waals surface area contributed by atoms with Gasteiger partial charge in [0, 0.05) is 18.7 Å². The summed E-state index contributed by atoms with van der Waals surface area (Å²) in [5, 5.41) is 0. The number of rotatable bonds is 6. The van der Waals surface area contributed by atoms with Crippen LogP contribution in [-0.4, -0.2) is 36.5 Å². The number of hydrogen-bond acceptors (Lipinski definition) is 3. The van der Waals surface area contributed by atoms with Gasteiger partial charge in [0.1, 0.15) is 0 Å². The average molecular weight is 301 g/mol. The summed E-state index contributed by atoms with van der Waals surface area (Å²) >= 11 is 0. The fourth-order valence-corrected chi connectivity index (χ4v) is 2.31. The molecule has 4 nitrogen and oxygen atoms in total. The minimum atomic E-state index is -0.358. The molecular formula is C18H23NO3. The molecule has 118 valence electrons. The molecule has 1 aliphatic carbocycles. The molecular weight excluding hydrogens is 278 g/mol. The van der Waals surface area contributed by atoms with E-state index in [2.05, 4.69) is 18.6 Å². The van der Waals surface area contributed by atoms with Crippen LogP contribution < -0.4 is 0 Å². The lowest BCUT2D eigenvalue weighted by molar-refractivity contribution is -0.127. The van der Waals surface area contributed by atoms with Crippen LogP contribution in [0.3, 0.4) is 0 Å². The summed E-state index contributed by atoms with van der Waals surface area (Å²) in [6.07, 6.45) is 5.63. The normalized spacial score (nSPS) is 14.4. The fraction of sp³-hybridized carbons (Fsp3) is 0.444. The van der Waals surface area contributed by atoms with Crippen molar-refractivity contribution in [2.45, 2.75) is 32.7 Å². The van der Waals surface area contributed by atoms with E-state index in [4.69, 9.17) is 0 Å². The van der Waals surface area contributed by atoms with E-state index < -0.39 is 0 Å². The summed E-state index contributed by atoms with van der Waals surface area (Å²) in [4.78, 5) is 25.6. The van der Waals surface area contributed by atoms with Crippen LogP contribution in [0.4, 0.5) is 0 Å². The van der Waals surface area contributed by atoms with Crippen LogP contribution in [-0.2, 0) is 9.53 Å². The molecule has 0 unspecified atom stereocenters. The Kier molecular flexibility index (Phi) is 5.36. The SMILES string of the molecule is COC(=O)c1ccc(/C=C/C(=O)N(CC(C)C)C2CC2)cc1. The first-order valence-electron chi connectivity index (χ1n) is 7.68. The van der Waals surface area contributed by atoms with Crippen LogP contribution in [0, 0.1) is 5.92 Å². The molecule has 0 heterocycles. The van der Waals surface area contributed by atoms with Gasteiger partial charge in [0.15, 0.2) is 0 Å². The zero-order chi connectivity index (χ0) is 16.1. The number of benzene rings is 1. The molecule has 4 heteroatoms. The van der Waals surface area contributed by atoms with Crippen LogP contribution in [0.25, 0.3) is 6.08 Å². The highest BCUT2D eigenvalue weighted by Gasteiger charge is 2.31. The van der Waals surface area contributed by atoms with Crippen molar-refractivity contribution in [3.63, 3.8) is 0 Å². The number of ether oxygens (including phenoxy) is 1. The standard InChI is InChI=1S/C18H23NO3/c1-13(2)12-19(16-9-10-16)17(20)11-6-14-4-7-15(8-5-14)18(21)22-3/h4-8,11,13,16H,9-10,12H2,1-3H3/b11-6+. The van der Waals surface area contributed by atoms with Crippen LogP contribution in [0.5, 0.6) is 0 Å². The summed E-state index contributed by atoms with van der Waals surface area (Å²) in [6, 6.07) is 7.42. The molecule has 0 N–H and O–H groups in total. The molecule has 1 saturated carbocycles. The second kappa shape index (κ2) is 7.25. The van der Waals surface area contributed by atoms with E-state index in [0.717, 1.165) is 24.9 Å². The number of esters is 1. The Labute approximate surface area is 131 Å². The van der Waals surface area contributed by atoms with Gasteiger partial charge in [-0.2, -0.15) is 0 Å². The third kappa shape index (κ3) is 4.45. The van der Waals surface area contributed by atoms with Gasteiger partial charge in [-0.05, 0) is 42.5 Å². The maximum atomic E-state index is 12.3. The van der Waals surface area contributed by atoms with Crippen molar-refractivity contribution in [3.05, 3.63) is 41.5 Å². The molecule has 0 atom stereocenters. The summed E-state index contributed by atoms with van der Waals surface area (Å²) in [7, 11) is 1.36. The third-order valence-electron chi connectivity index (χ3n) is 3.58. The molecule has 2 rings (SSSR count). The number of nitrogens with zero attached hydrogens (tertiary/aromatic N) is 1. The van der Waals surface area contributed by atoms with Crippen molar-refractivity contribution in [1.82, 2.24) is 4.90 Å². The van der Waals surface area contributed by atoms with E-state index in [9.17, 15) is 9.59 Å². The van der Waals surface area contributed by atoms with Gasteiger partial charge in [-0.1, -0.05) is 26.0 Å². The van der Waals surface area contributed by atoms with E-state index in [1.54, 1.807) is 36.4 Å². The Bertz CT molecular complexity index is 556. The minimum absolute atomic E-state index is 0.0632. The molecule has 0 aliphatic heterocycles. The van der Waals surface area contributed by atoms with Crippen molar-refractivity contribution in [3.8, 4) is 0 Å². The number of carbonyl (C=O) groups excluding carboxylic acids is 2. The predicted octanol–water partition coefficient (Wildman–Crippen LogP) is 3.13. The van der Waals surface area contributed by atoms with Crippen LogP contribution in [0.15, 0.2) is 30.3 Å². The lowest BCUT2D eigenvalue weighted by atomic mass is 10.1. The quantitative estimate of drug-likeness (QED) is 0.599. The zero-order valence-electron chi connectivity index (χ0n) is 13.4. The molecule has 0 bridgehead atoms. The van der Waals surface area contributed by atoms with Gasteiger partial charge in [-0.25, -0.2) is 4.79 Å². The maximum absolute atomic E-state index is 12.3. The van der Waals surface area contributed by atoms with E-state index >= 15 is 0 Å². The zero-order valence-corrected chi connectivity index (χ0v) is 13.4. The first kappa shape index (κ1) is 16.3. The van der Waals surface area contributed by atoms with Crippen LogP contribution in [0.2, 0.25) is 0 Å². The molecule has 0 aromatic heterocycles. The van der Waals surface area contributed by atoms with Gasteiger partial charge in [0.2, 0.25) is 5.91 Å². The first-order valence-corrected chi connectivity index (χ1v) is 7.68. The minimum Gasteiger partial charge on any atom is -0.465 e. The maximum Gasteiger partial charge on any atom is 0.337 e. The Morgan fingerprint density at radius 3 is 2.41 bits per heavy atom. The number of hydrogen-bond donors (Lipinski definition) is 0. The summed E-state index contributed by atoms with van der Waals surface area (Å²) < 4.78 is 4.66. The van der Waals surface area contributed by atoms with Crippen LogP contribution >= 0.6 is 0 Å². The summed E-state index contributed by atoms with van der Waals surface area (Å²) in [5.74, 6) is 0.175. The Hall–Kier alpha value is -2.10. The second-order valence-corrected chi connectivity index (χ2v) is 6.06. The largest absolute Gasteiger partial charge is 0.465 e.